The number of rotatable bonds is 4. The number of nitrogens with zero attached hydrogens (tertiary/aromatic N) is 2. The smallest absolute Gasteiger partial charge is 0.231 e. The Bertz CT molecular complexity index is 1110. The van der Waals surface area contributed by atoms with Crippen LogP contribution in [0, 0.1) is 5.82 Å². The largest absolute Gasteiger partial charge is 0.369 e. The summed E-state index contributed by atoms with van der Waals surface area (Å²) in [7, 11) is 1.54. The topological polar surface area (TPSA) is 75.8 Å². The van der Waals surface area contributed by atoms with Gasteiger partial charge in [0, 0.05) is 28.4 Å². The molecule has 0 radical (unpaired) electrons. The Kier molecular flexibility index (Phi) is 4.55. The fourth-order valence-electron chi connectivity index (χ4n) is 3.33. The number of fused-ring (bicyclic) bond motifs is 1. The van der Waals surface area contributed by atoms with Gasteiger partial charge in [-0.15, -0.1) is 22.7 Å². The Hall–Kier alpha value is -2.58. The van der Waals surface area contributed by atoms with Crippen LogP contribution >= 0.6 is 22.7 Å². The van der Waals surface area contributed by atoms with Gasteiger partial charge in [-0.2, -0.15) is 0 Å². The van der Waals surface area contributed by atoms with E-state index in [9.17, 15) is 14.0 Å². The number of hydrogen-bond acceptors (Lipinski definition) is 6. The van der Waals surface area contributed by atoms with Crippen LogP contribution < -0.4 is 5.73 Å². The van der Waals surface area contributed by atoms with E-state index in [1.165, 1.54) is 29.4 Å². The molecule has 3 aromatic rings. The van der Waals surface area contributed by atoms with E-state index in [-0.39, 0.29) is 36.1 Å². The summed E-state index contributed by atoms with van der Waals surface area (Å²) in [5.74, 6) is -0.657. The van der Waals surface area contributed by atoms with E-state index in [1.807, 2.05) is 17.5 Å². The molecule has 1 atom stereocenters. The number of hydrogen-bond donors (Lipinski definition) is 1. The lowest BCUT2D eigenvalue weighted by molar-refractivity contribution is -0.128. The SMILES string of the molecule is CN1C(=O)CC(C)(c2cc(CC(=O)c3cc4sccc4s3)ccc2F)N=C1N. The van der Waals surface area contributed by atoms with E-state index < -0.39 is 11.4 Å². The zero-order valence-electron chi connectivity index (χ0n) is 15.4. The van der Waals surface area contributed by atoms with Gasteiger partial charge in [-0.3, -0.25) is 14.5 Å². The van der Waals surface area contributed by atoms with Gasteiger partial charge in [0.2, 0.25) is 5.91 Å². The summed E-state index contributed by atoms with van der Waals surface area (Å²) < 4.78 is 16.8. The van der Waals surface area contributed by atoms with Crippen molar-refractivity contribution in [2.75, 3.05) is 7.05 Å². The maximum absolute atomic E-state index is 14.6. The zero-order valence-corrected chi connectivity index (χ0v) is 17.0. The average Bonchev–Trinajstić information content (AvgIpc) is 3.23. The molecule has 0 bridgehead atoms. The number of aliphatic imine (C=N–C) groups is 1. The van der Waals surface area contributed by atoms with Gasteiger partial charge in [0.25, 0.3) is 0 Å². The van der Waals surface area contributed by atoms with Gasteiger partial charge < -0.3 is 5.73 Å². The van der Waals surface area contributed by atoms with Crippen molar-refractivity contribution in [1.29, 1.82) is 0 Å². The molecule has 1 aromatic carbocycles. The molecule has 2 N–H and O–H groups in total. The van der Waals surface area contributed by atoms with Crippen molar-refractivity contribution < 1.29 is 14.0 Å². The minimum absolute atomic E-state index is 0.0136. The zero-order chi connectivity index (χ0) is 20.1. The van der Waals surface area contributed by atoms with Crippen molar-refractivity contribution in [3.8, 4) is 0 Å². The number of guanidine groups is 1. The number of ketones is 1. The first-order valence-corrected chi connectivity index (χ1v) is 10.4. The van der Waals surface area contributed by atoms with E-state index in [2.05, 4.69) is 4.99 Å². The Balaban J connectivity index is 1.64. The molecule has 1 unspecified atom stereocenters. The fourth-order valence-corrected chi connectivity index (χ4v) is 5.38. The lowest BCUT2D eigenvalue weighted by atomic mass is 9.86. The Morgan fingerprint density at radius 1 is 1.32 bits per heavy atom. The molecule has 1 aliphatic heterocycles. The Morgan fingerprint density at radius 2 is 2.11 bits per heavy atom. The second kappa shape index (κ2) is 6.79. The van der Waals surface area contributed by atoms with Crippen LogP contribution in [0.4, 0.5) is 4.39 Å². The number of amides is 1. The molecule has 0 saturated carbocycles. The summed E-state index contributed by atoms with van der Waals surface area (Å²) in [6.45, 7) is 1.68. The Morgan fingerprint density at radius 3 is 2.82 bits per heavy atom. The summed E-state index contributed by atoms with van der Waals surface area (Å²) in [5, 5.41) is 2.00. The van der Waals surface area contributed by atoms with Gasteiger partial charge in [-0.05, 0) is 42.1 Å². The van der Waals surface area contributed by atoms with Gasteiger partial charge in [0.05, 0.1) is 16.8 Å². The van der Waals surface area contributed by atoms with Gasteiger partial charge in [0.1, 0.15) is 5.82 Å². The average molecular weight is 416 g/mol. The van der Waals surface area contributed by atoms with Crippen LogP contribution in [0.15, 0.2) is 40.7 Å². The predicted molar refractivity (Wildman–Crippen MR) is 110 cm³/mol. The minimum Gasteiger partial charge on any atom is -0.369 e. The summed E-state index contributed by atoms with van der Waals surface area (Å²) in [5.41, 5.74) is 5.69. The third-order valence-electron chi connectivity index (χ3n) is 4.96. The summed E-state index contributed by atoms with van der Waals surface area (Å²) in [4.78, 5) is 31.2. The number of carbonyl (C=O) groups excluding carboxylic acids is 2. The van der Waals surface area contributed by atoms with E-state index in [0.29, 0.717) is 10.4 Å². The molecule has 5 nitrogen and oxygen atoms in total. The second-order valence-electron chi connectivity index (χ2n) is 7.05. The van der Waals surface area contributed by atoms with Crippen LogP contribution in [-0.2, 0) is 16.8 Å². The molecule has 4 rings (SSSR count). The number of halogens is 1. The van der Waals surface area contributed by atoms with Crippen LogP contribution in [0.1, 0.15) is 34.1 Å². The molecule has 3 heterocycles. The highest BCUT2D eigenvalue weighted by Gasteiger charge is 2.38. The van der Waals surface area contributed by atoms with Gasteiger partial charge in [-0.1, -0.05) is 6.07 Å². The highest BCUT2D eigenvalue weighted by molar-refractivity contribution is 7.27. The number of carbonyl (C=O) groups is 2. The molecule has 28 heavy (non-hydrogen) atoms. The van der Waals surface area contributed by atoms with E-state index >= 15 is 0 Å². The number of benzene rings is 1. The summed E-state index contributed by atoms with van der Waals surface area (Å²) >= 11 is 3.07. The first kappa shape index (κ1) is 18.8. The van der Waals surface area contributed by atoms with E-state index in [1.54, 1.807) is 30.4 Å². The molecule has 0 aliphatic carbocycles. The minimum atomic E-state index is -1.09. The number of thiophene rings is 2. The van der Waals surface area contributed by atoms with Crippen LogP contribution in [0.3, 0.4) is 0 Å². The third-order valence-corrected chi connectivity index (χ3v) is 7.10. The number of nitrogens with two attached hydrogens (primary N) is 1. The van der Waals surface area contributed by atoms with Crippen LogP contribution in [0.25, 0.3) is 9.40 Å². The molecule has 2 aromatic heterocycles. The molecule has 0 fully saturated rings. The van der Waals surface area contributed by atoms with Crippen molar-refractivity contribution in [3.63, 3.8) is 0 Å². The van der Waals surface area contributed by atoms with Crippen molar-refractivity contribution in [2.45, 2.75) is 25.3 Å². The molecule has 0 spiro atoms. The van der Waals surface area contributed by atoms with Crippen molar-refractivity contribution >= 4 is 49.7 Å². The van der Waals surface area contributed by atoms with Crippen molar-refractivity contribution in [1.82, 2.24) is 4.90 Å². The highest BCUT2D eigenvalue weighted by atomic mass is 32.1. The molecule has 8 heteroatoms. The van der Waals surface area contributed by atoms with E-state index in [0.717, 1.165) is 9.40 Å². The first-order chi connectivity index (χ1) is 13.3. The maximum atomic E-state index is 14.6. The van der Waals surface area contributed by atoms with Gasteiger partial charge in [-0.25, -0.2) is 9.38 Å². The highest BCUT2D eigenvalue weighted by Crippen LogP contribution is 2.35. The number of Topliss-reactive ketones (excluding diaryl/α,β-unsaturated/α-hetero) is 1. The van der Waals surface area contributed by atoms with Crippen LogP contribution in [0.5, 0.6) is 0 Å². The Labute approximate surface area is 169 Å². The maximum Gasteiger partial charge on any atom is 0.231 e. The van der Waals surface area contributed by atoms with Gasteiger partial charge in [0.15, 0.2) is 11.7 Å². The van der Waals surface area contributed by atoms with Crippen LogP contribution in [-0.4, -0.2) is 29.6 Å². The van der Waals surface area contributed by atoms with E-state index in [4.69, 9.17) is 5.73 Å². The molecular formula is C20H18FN3O2S2. The quantitative estimate of drug-likeness (QED) is 0.656. The predicted octanol–water partition coefficient (Wildman–Crippen LogP) is 3.92. The van der Waals surface area contributed by atoms with Crippen LogP contribution in [0.2, 0.25) is 0 Å². The first-order valence-electron chi connectivity index (χ1n) is 8.68. The van der Waals surface area contributed by atoms with Crippen molar-refractivity contribution in [2.24, 2.45) is 10.7 Å². The van der Waals surface area contributed by atoms with Gasteiger partial charge >= 0.3 is 0 Å². The lowest BCUT2D eigenvalue weighted by Gasteiger charge is -2.34. The molecule has 1 aliphatic rings. The lowest BCUT2D eigenvalue weighted by Crippen LogP contribution is -2.47. The monoisotopic (exact) mass is 415 g/mol. The fraction of sp³-hybridized carbons (Fsp3) is 0.250. The normalized spacial score (nSPS) is 19.9. The third kappa shape index (κ3) is 3.22. The molecule has 144 valence electrons. The summed E-state index contributed by atoms with van der Waals surface area (Å²) in [6.07, 6.45) is 0.171. The second-order valence-corrected chi connectivity index (χ2v) is 9.08. The molecule has 1 amide bonds. The summed E-state index contributed by atoms with van der Waals surface area (Å²) in [6, 6.07) is 8.44. The molecule has 0 saturated heterocycles. The molecular weight excluding hydrogens is 397 g/mol. The standard InChI is InChI=1S/C20H18FN3O2S2/c1-20(10-18(26)24(2)19(22)23-20)12-7-11(3-4-13(12)21)8-14(25)16-9-17-15(28-16)5-6-27-17/h3-7,9H,8,10H2,1-2H3,(H2,22,23). The van der Waals surface area contributed by atoms with Crippen molar-refractivity contribution in [3.05, 3.63) is 57.5 Å².